The molecule has 0 heterocycles. The molecule has 1 aliphatic carbocycles. The van der Waals surface area contributed by atoms with Gasteiger partial charge in [0, 0.05) is 6.61 Å². The first-order valence-corrected chi connectivity index (χ1v) is 6.55. The van der Waals surface area contributed by atoms with E-state index in [9.17, 15) is 0 Å². The molecule has 0 aliphatic heterocycles. The van der Waals surface area contributed by atoms with Crippen LogP contribution in [0.1, 0.15) is 31.2 Å². The van der Waals surface area contributed by atoms with Gasteiger partial charge in [-0.05, 0) is 61.6 Å². The fourth-order valence-corrected chi connectivity index (χ4v) is 2.71. The number of ether oxygens (including phenoxy) is 1. The summed E-state index contributed by atoms with van der Waals surface area (Å²) in [4.78, 5) is 0. The quantitative estimate of drug-likeness (QED) is 0.867. The fraction of sp³-hybridized carbons (Fsp3) is 0.600. The summed E-state index contributed by atoms with van der Waals surface area (Å²) in [5.74, 6) is 2.28. The van der Waals surface area contributed by atoms with Crippen LogP contribution >= 0.6 is 0 Å². The van der Waals surface area contributed by atoms with Gasteiger partial charge in [-0.15, -0.1) is 0 Å². The maximum atomic E-state index is 9.11. The zero-order valence-corrected chi connectivity index (χ0v) is 10.6. The van der Waals surface area contributed by atoms with E-state index in [4.69, 9.17) is 9.84 Å². The molecular weight excluding hydrogens is 212 g/mol. The molecule has 2 heteroatoms. The number of hydrogen-bond acceptors (Lipinski definition) is 2. The summed E-state index contributed by atoms with van der Waals surface area (Å²) < 4.78 is 5.16. The summed E-state index contributed by atoms with van der Waals surface area (Å²) in [6.07, 6.45) is 6.07. The van der Waals surface area contributed by atoms with Crippen LogP contribution in [-0.2, 0) is 6.42 Å². The second kappa shape index (κ2) is 6.06. The molecule has 1 fully saturated rings. The predicted molar refractivity (Wildman–Crippen MR) is 69.2 cm³/mol. The second-order valence-corrected chi connectivity index (χ2v) is 5.12. The van der Waals surface area contributed by atoms with Crippen molar-refractivity contribution in [2.24, 2.45) is 11.8 Å². The monoisotopic (exact) mass is 234 g/mol. The van der Waals surface area contributed by atoms with Gasteiger partial charge >= 0.3 is 0 Å². The van der Waals surface area contributed by atoms with Gasteiger partial charge < -0.3 is 9.84 Å². The smallest absolute Gasteiger partial charge is 0.118 e. The number of aliphatic hydroxyl groups excluding tert-OH is 1. The Bertz CT molecular complexity index is 323. The molecule has 0 unspecified atom stereocenters. The fourth-order valence-electron chi connectivity index (χ4n) is 2.71. The number of aliphatic hydroxyl groups is 1. The molecule has 1 aliphatic rings. The highest BCUT2D eigenvalue weighted by atomic mass is 16.5. The first kappa shape index (κ1) is 12.4. The van der Waals surface area contributed by atoms with Crippen LogP contribution in [0.4, 0.5) is 0 Å². The van der Waals surface area contributed by atoms with Crippen molar-refractivity contribution >= 4 is 0 Å². The maximum Gasteiger partial charge on any atom is 0.118 e. The number of rotatable bonds is 4. The molecule has 1 saturated carbocycles. The summed E-state index contributed by atoms with van der Waals surface area (Å²) in [5, 5.41) is 9.11. The van der Waals surface area contributed by atoms with Crippen molar-refractivity contribution in [2.45, 2.75) is 32.1 Å². The Kier molecular flexibility index (Phi) is 4.43. The molecule has 2 nitrogen and oxygen atoms in total. The number of benzene rings is 1. The van der Waals surface area contributed by atoms with Crippen LogP contribution in [-0.4, -0.2) is 18.8 Å². The molecule has 1 aromatic carbocycles. The van der Waals surface area contributed by atoms with Gasteiger partial charge in [-0.2, -0.15) is 0 Å². The molecule has 0 atom stereocenters. The molecule has 1 aromatic rings. The highest BCUT2D eigenvalue weighted by molar-refractivity contribution is 5.27. The largest absolute Gasteiger partial charge is 0.497 e. The molecule has 0 spiro atoms. The molecule has 2 rings (SSSR count). The first-order chi connectivity index (χ1) is 8.31. The summed E-state index contributed by atoms with van der Waals surface area (Å²) >= 11 is 0. The molecule has 17 heavy (non-hydrogen) atoms. The van der Waals surface area contributed by atoms with Crippen LogP contribution in [0.3, 0.4) is 0 Å². The third-order valence-electron chi connectivity index (χ3n) is 3.91. The Morgan fingerprint density at radius 2 is 1.65 bits per heavy atom. The average Bonchev–Trinajstić information content (AvgIpc) is 2.40. The number of methoxy groups -OCH3 is 1. The van der Waals surface area contributed by atoms with Gasteiger partial charge in [0.1, 0.15) is 5.75 Å². The minimum atomic E-state index is 0.370. The molecule has 0 aromatic heterocycles. The Balaban J connectivity index is 1.84. The Hall–Kier alpha value is -1.02. The highest BCUT2D eigenvalue weighted by Crippen LogP contribution is 2.30. The maximum absolute atomic E-state index is 9.11. The third-order valence-corrected chi connectivity index (χ3v) is 3.91. The van der Waals surface area contributed by atoms with Gasteiger partial charge in [0.25, 0.3) is 0 Å². The summed E-state index contributed by atoms with van der Waals surface area (Å²) in [6, 6.07) is 8.40. The first-order valence-electron chi connectivity index (χ1n) is 6.55. The molecule has 0 saturated heterocycles. The standard InChI is InChI=1S/C15H22O2/c1-17-15-8-6-13(7-9-15)10-12-2-4-14(11-16)5-3-12/h6-9,12,14,16H,2-5,10-11H2,1H3. The van der Waals surface area contributed by atoms with E-state index in [2.05, 4.69) is 12.1 Å². The molecule has 0 radical (unpaired) electrons. The van der Waals surface area contributed by atoms with Gasteiger partial charge in [0.2, 0.25) is 0 Å². The van der Waals surface area contributed by atoms with Crippen molar-refractivity contribution < 1.29 is 9.84 Å². The normalized spacial score (nSPS) is 24.6. The highest BCUT2D eigenvalue weighted by Gasteiger charge is 2.20. The molecule has 0 amide bonds. The van der Waals surface area contributed by atoms with Gasteiger partial charge in [-0.1, -0.05) is 12.1 Å². The lowest BCUT2D eigenvalue weighted by Gasteiger charge is -2.27. The number of hydrogen-bond donors (Lipinski definition) is 1. The van der Waals surface area contributed by atoms with E-state index in [1.807, 2.05) is 12.1 Å². The summed E-state index contributed by atoms with van der Waals surface area (Å²) in [5.41, 5.74) is 1.40. The van der Waals surface area contributed by atoms with Crippen molar-refractivity contribution in [3.63, 3.8) is 0 Å². The van der Waals surface area contributed by atoms with E-state index in [0.29, 0.717) is 12.5 Å². The predicted octanol–water partition coefficient (Wildman–Crippen LogP) is 3.04. The minimum absolute atomic E-state index is 0.370. The molecule has 0 bridgehead atoms. The zero-order valence-electron chi connectivity index (χ0n) is 10.6. The SMILES string of the molecule is COc1ccc(CC2CCC(CO)CC2)cc1. The summed E-state index contributed by atoms with van der Waals surface area (Å²) in [6.45, 7) is 0.370. The van der Waals surface area contributed by atoms with Crippen LogP contribution in [0.15, 0.2) is 24.3 Å². The van der Waals surface area contributed by atoms with Crippen LogP contribution in [0.2, 0.25) is 0 Å². The topological polar surface area (TPSA) is 29.5 Å². The third kappa shape index (κ3) is 3.47. The van der Waals surface area contributed by atoms with E-state index in [1.54, 1.807) is 7.11 Å². The van der Waals surface area contributed by atoms with Gasteiger partial charge in [0.05, 0.1) is 7.11 Å². The van der Waals surface area contributed by atoms with Crippen LogP contribution < -0.4 is 4.74 Å². The van der Waals surface area contributed by atoms with Crippen molar-refractivity contribution in [3.8, 4) is 5.75 Å². The van der Waals surface area contributed by atoms with Crippen molar-refractivity contribution in [3.05, 3.63) is 29.8 Å². The van der Waals surface area contributed by atoms with Gasteiger partial charge in [-0.3, -0.25) is 0 Å². The summed E-state index contributed by atoms with van der Waals surface area (Å²) in [7, 11) is 1.70. The minimum Gasteiger partial charge on any atom is -0.497 e. The van der Waals surface area contributed by atoms with Crippen LogP contribution in [0, 0.1) is 11.8 Å². The van der Waals surface area contributed by atoms with E-state index in [0.717, 1.165) is 11.7 Å². The molecular formula is C15H22O2. The van der Waals surface area contributed by atoms with E-state index in [-0.39, 0.29) is 0 Å². The van der Waals surface area contributed by atoms with Crippen LogP contribution in [0.25, 0.3) is 0 Å². The Morgan fingerprint density at radius 3 is 2.18 bits per heavy atom. The molecule has 94 valence electrons. The zero-order chi connectivity index (χ0) is 12.1. The second-order valence-electron chi connectivity index (χ2n) is 5.12. The van der Waals surface area contributed by atoms with E-state index >= 15 is 0 Å². The lowest BCUT2D eigenvalue weighted by Crippen LogP contribution is -2.18. The van der Waals surface area contributed by atoms with Crippen molar-refractivity contribution in [2.75, 3.05) is 13.7 Å². The molecule has 1 N–H and O–H groups in total. The van der Waals surface area contributed by atoms with Crippen molar-refractivity contribution in [1.82, 2.24) is 0 Å². The Morgan fingerprint density at radius 1 is 1.06 bits per heavy atom. The van der Waals surface area contributed by atoms with Crippen LogP contribution in [0.5, 0.6) is 5.75 Å². The van der Waals surface area contributed by atoms with Crippen molar-refractivity contribution in [1.29, 1.82) is 0 Å². The van der Waals surface area contributed by atoms with E-state index in [1.165, 1.54) is 37.7 Å². The lowest BCUT2D eigenvalue weighted by molar-refractivity contribution is 0.167. The van der Waals surface area contributed by atoms with Gasteiger partial charge in [-0.25, -0.2) is 0 Å². The van der Waals surface area contributed by atoms with E-state index < -0.39 is 0 Å². The lowest BCUT2D eigenvalue weighted by atomic mass is 9.79. The Labute approximate surface area is 104 Å². The average molecular weight is 234 g/mol. The van der Waals surface area contributed by atoms with Gasteiger partial charge in [0.15, 0.2) is 0 Å².